The second-order valence-electron chi connectivity index (χ2n) is 6.55. The molecule has 0 aliphatic carbocycles. The first-order chi connectivity index (χ1) is 11.5. The third kappa shape index (κ3) is 5.95. The van der Waals surface area contributed by atoms with E-state index in [1.54, 1.807) is 7.11 Å². The molecule has 5 nitrogen and oxygen atoms in total. The van der Waals surface area contributed by atoms with Gasteiger partial charge in [-0.1, -0.05) is 12.1 Å². The van der Waals surface area contributed by atoms with E-state index < -0.39 is 27.3 Å². The summed E-state index contributed by atoms with van der Waals surface area (Å²) in [6.45, 7) is 2.05. The third-order valence-electron chi connectivity index (χ3n) is 4.31. The van der Waals surface area contributed by atoms with E-state index in [1.165, 1.54) is 12.1 Å². The summed E-state index contributed by atoms with van der Waals surface area (Å²) in [5.41, 5.74) is -0.518. The summed E-state index contributed by atoms with van der Waals surface area (Å²) in [6.07, 6.45) is -2.05. The first-order valence-corrected chi connectivity index (χ1v) is 9.79. The average Bonchev–Trinajstić information content (AvgIpc) is 2.86. The lowest BCUT2D eigenvalue weighted by Crippen LogP contribution is -2.50. The van der Waals surface area contributed by atoms with E-state index in [0.717, 1.165) is 24.0 Å². The van der Waals surface area contributed by atoms with Gasteiger partial charge in [0.05, 0.1) is 11.8 Å². The Labute approximate surface area is 146 Å². The van der Waals surface area contributed by atoms with Crippen LogP contribution in [0.2, 0.25) is 0 Å². The van der Waals surface area contributed by atoms with Crippen molar-refractivity contribution in [2.24, 2.45) is 0 Å². The van der Waals surface area contributed by atoms with Crippen LogP contribution in [0.5, 0.6) is 0 Å². The lowest BCUT2D eigenvalue weighted by atomic mass is 9.96. The number of methoxy groups -OCH3 is 1. The molecule has 0 aromatic heterocycles. The zero-order valence-corrected chi connectivity index (χ0v) is 15.1. The highest BCUT2D eigenvalue weighted by Crippen LogP contribution is 2.30. The Hall–Kier alpha value is -1.16. The van der Waals surface area contributed by atoms with Crippen LogP contribution in [0, 0.1) is 0 Å². The summed E-state index contributed by atoms with van der Waals surface area (Å²) < 4.78 is 69.0. The molecule has 1 aliphatic rings. The largest absolute Gasteiger partial charge is 0.416 e. The van der Waals surface area contributed by atoms with Crippen LogP contribution >= 0.6 is 0 Å². The van der Waals surface area contributed by atoms with Crippen LogP contribution in [0.4, 0.5) is 13.2 Å². The molecule has 1 aromatic carbocycles. The van der Waals surface area contributed by atoms with Gasteiger partial charge in [-0.15, -0.1) is 0 Å². The summed E-state index contributed by atoms with van der Waals surface area (Å²) in [7, 11) is -1.81. The van der Waals surface area contributed by atoms with Crippen molar-refractivity contribution in [1.29, 1.82) is 0 Å². The number of hydrogen-bond donors (Lipinski definition) is 1. The summed E-state index contributed by atoms with van der Waals surface area (Å²) in [5, 5.41) is 0. The monoisotopic (exact) mass is 380 g/mol. The summed E-state index contributed by atoms with van der Waals surface area (Å²) in [6, 6.07) is 5.06. The van der Waals surface area contributed by atoms with Crippen molar-refractivity contribution in [2.75, 3.05) is 33.1 Å². The van der Waals surface area contributed by atoms with E-state index in [4.69, 9.17) is 4.74 Å². The molecule has 1 heterocycles. The fourth-order valence-corrected chi connectivity index (χ4v) is 4.23. The molecule has 0 amide bonds. The van der Waals surface area contributed by atoms with E-state index in [-0.39, 0.29) is 0 Å². The fraction of sp³-hybridized carbons (Fsp3) is 0.625. The molecule has 1 saturated heterocycles. The number of rotatable bonds is 7. The molecule has 1 N–H and O–H groups in total. The maximum Gasteiger partial charge on any atom is 0.416 e. The first kappa shape index (κ1) is 20.2. The number of ether oxygens (including phenoxy) is 1. The Balaban J connectivity index is 2.04. The van der Waals surface area contributed by atoms with Crippen LogP contribution in [0.1, 0.15) is 24.0 Å². The summed E-state index contributed by atoms with van der Waals surface area (Å²) >= 11 is 0. The molecule has 142 valence electrons. The molecule has 1 unspecified atom stereocenters. The van der Waals surface area contributed by atoms with Gasteiger partial charge < -0.3 is 4.74 Å². The van der Waals surface area contributed by atoms with Crippen LogP contribution < -0.4 is 4.72 Å². The molecule has 0 radical (unpaired) electrons. The Morgan fingerprint density at radius 2 is 1.92 bits per heavy atom. The minimum absolute atomic E-state index is 0.427. The third-order valence-corrected chi connectivity index (χ3v) is 5.11. The van der Waals surface area contributed by atoms with E-state index in [2.05, 4.69) is 4.72 Å². The van der Waals surface area contributed by atoms with Crippen molar-refractivity contribution in [2.45, 2.75) is 31.1 Å². The molecule has 0 bridgehead atoms. The van der Waals surface area contributed by atoms with Crippen molar-refractivity contribution in [3.05, 3.63) is 35.4 Å². The molecule has 1 aromatic rings. The van der Waals surface area contributed by atoms with E-state index in [1.807, 2.05) is 4.90 Å². The van der Waals surface area contributed by atoms with Gasteiger partial charge in [-0.05, 0) is 30.5 Å². The SMILES string of the molecule is COCCC1(NS(C)(=O)=O)CCN(Cc2ccc(C(F)(F)F)cc2)C1. The van der Waals surface area contributed by atoms with Crippen LogP contribution in [0.15, 0.2) is 24.3 Å². The number of hydrogen-bond acceptors (Lipinski definition) is 4. The highest BCUT2D eigenvalue weighted by atomic mass is 32.2. The molecular formula is C16H23F3N2O3S. The Morgan fingerprint density at radius 3 is 2.44 bits per heavy atom. The van der Waals surface area contributed by atoms with Crippen molar-refractivity contribution >= 4 is 10.0 Å². The zero-order valence-electron chi connectivity index (χ0n) is 14.3. The Bertz CT molecular complexity index is 677. The van der Waals surface area contributed by atoms with Gasteiger partial charge in [0.25, 0.3) is 0 Å². The van der Waals surface area contributed by atoms with Crippen LogP contribution in [0.25, 0.3) is 0 Å². The maximum absolute atomic E-state index is 12.6. The molecule has 0 spiro atoms. The van der Waals surface area contributed by atoms with Crippen molar-refractivity contribution in [1.82, 2.24) is 9.62 Å². The van der Waals surface area contributed by atoms with Gasteiger partial charge in [-0.3, -0.25) is 4.90 Å². The van der Waals surface area contributed by atoms with Gasteiger partial charge in [0, 0.05) is 38.9 Å². The smallest absolute Gasteiger partial charge is 0.385 e. The standard InChI is InChI=1S/C16H23F3N2O3S/c1-24-10-8-15(20-25(2,22)23)7-9-21(12-15)11-13-3-5-14(6-4-13)16(17,18)19/h3-6,20H,7-12H2,1-2H3. The predicted molar refractivity (Wildman–Crippen MR) is 88.5 cm³/mol. The number of nitrogens with one attached hydrogen (secondary N) is 1. The first-order valence-electron chi connectivity index (χ1n) is 7.89. The maximum atomic E-state index is 12.6. The lowest BCUT2D eigenvalue weighted by Gasteiger charge is -2.29. The highest BCUT2D eigenvalue weighted by molar-refractivity contribution is 7.88. The van der Waals surface area contributed by atoms with Gasteiger partial charge >= 0.3 is 6.18 Å². The van der Waals surface area contributed by atoms with E-state index in [9.17, 15) is 21.6 Å². The van der Waals surface area contributed by atoms with Crippen molar-refractivity contribution in [3.8, 4) is 0 Å². The summed E-state index contributed by atoms with van der Waals surface area (Å²) in [4.78, 5) is 2.04. The second kappa shape index (κ2) is 7.61. The molecule has 2 rings (SSSR count). The Morgan fingerprint density at radius 1 is 1.28 bits per heavy atom. The number of alkyl halides is 3. The van der Waals surface area contributed by atoms with Crippen LogP contribution in [0.3, 0.4) is 0 Å². The zero-order chi connectivity index (χ0) is 18.7. The molecule has 1 fully saturated rings. The highest BCUT2D eigenvalue weighted by Gasteiger charge is 2.40. The average molecular weight is 380 g/mol. The van der Waals surface area contributed by atoms with Crippen LogP contribution in [-0.4, -0.2) is 51.9 Å². The number of nitrogens with zero attached hydrogens (tertiary/aromatic N) is 1. The molecule has 9 heteroatoms. The molecule has 1 atom stereocenters. The van der Waals surface area contributed by atoms with Crippen LogP contribution in [-0.2, 0) is 27.5 Å². The van der Waals surface area contributed by atoms with Gasteiger partial charge in [-0.2, -0.15) is 13.2 Å². The lowest BCUT2D eigenvalue weighted by molar-refractivity contribution is -0.137. The Kier molecular flexibility index (Phi) is 6.13. The van der Waals surface area contributed by atoms with E-state index in [0.29, 0.717) is 39.1 Å². The molecule has 25 heavy (non-hydrogen) atoms. The van der Waals surface area contributed by atoms with Gasteiger partial charge in [-0.25, -0.2) is 13.1 Å². The normalized spacial score (nSPS) is 22.4. The number of halogens is 3. The minimum Gasteiger partial charge on any atom is -0.385 e. The van der Waals surface area contributed by atoms with E-state index >= 15 is 0 Å². The molecular weight excluding hydrogens is 357 g/mol. The van der Waals surface area contributed by atoms with Crippen molar-refractivity contribution in [3.63, 3.8) is 0 Å². The number of likely N-dealkylation sites (tertiary alicyclic amines) is 1. The number of sulfonamides is 1. The quantitative estimate of drug-likeness (QED) is 0.788. The second-order valence-corrected chi connectivity index (χ2v) is 8.30. The summed E-state index contributed by atoms with van der Waals surface area (Å²) in [5.74, 6) is 0. The minimum atomic E-state index is -4.35. The predicted octanol–water partition coefficient (Wildman–Crippen LogP) is 2.24. The van der Waals surface area contributed by atoms with Gasteiger partial charge in [0.2, 0.25) is 10.0 Å². The molecule has 0 saturated carbocycles. The van der Waals surface area contributed by atoms with Gasteiger partial charge in [0.15, 0.2) is 0 Å². The van der Waals surface area contributed by atoms with Gasteiger partial charge in [0.1, 0.15) is 0 Å². The molecule has 1 aliphatic heterocycles. The van der Waals surface area contributed by atoms with Crippen molar-refractivity contribution < 1.29 is 26.3 Å². The number of benzene rings is 1. The topological polar surface area (TPSA) is 58.6 Å². The fourth-order valence-electron chi connectivity index (χ4n) is 3.18.